The van der Waals surface area contributed by atoms with Crippen LogP contribution in [0.25, 0.3) is 21.8 Å². The molecule has 1 heterocycles. The first-order chi connectivity index (χ1) is 10.3. The van der Waals surface area contributed by atoms with Crippen molar-refractivity contribution in [3.05, 3.63) is 47.3 Å². The predicted octanol–water partition coefficient (Wildman–Crippen LogP) is 3.51. The number of hydrogen-bond donors (Lipinski definition) is 2. The molecule has 3 rings (SSSR count). The van der Waals surface area contributed by atoms with E-state index in [9.17, 15) is 22.4 Å². The molecule has 0 saturated heterocycles. The van der Waals surface area contributed by atoms with Crippen LogP contribution in [-0.2, 0) is 17.4 Å². The van der Waals surface area contributed by atoms with Crippen molar-refractivity contribution in [2.45, 2.75) is 12.6 Å². The van der Waals surface area contributed by atoms with Crippen molar-refractivity contribution in [2.75, 3.05) is 0 Å². The molecule has 2 aromatic carbocycles. The van der Waals surface area contributed by atoms with Crippen LogP contribution in [-0.4, -0.2) is 10.9 Å². The lowest BCUT2D eigenvalue weighted by Crippen LogP contribution is -2.14. The summed E-state index contributed by atoms with van der Waals surface area (Å²) in [6, 6.07) is 5.88. The first kappa shape index (κ1) is 14.4. The molecule has 0 bridgehead atoms. The van der Waals surface area contributed by atoms with Crippen LogP contribution in [0, 0.1) is 5.82 Å². The maximum atomic E-state index is 13.9. The zero-order chi connectivity index (χ0) is 16.1. The monoisotopic (exact) mass is 310 g/mol. The zero-order valence-corrected chi connectivity index (χ0v) is 11.1. The SMILES string of the molecule is NC(=O)Cc1c(F)ccc2c1[nH]c1cc(C(F)(F)F)ccc12. The number of fused-ring (bicyclic) bond motifs is 3. The van der Waals surface area contributed by atoms with Gasteiger partial charge in [-0.3, -0.25) is 4.79 Å². The molecule has 114 valence electrons. The molecule has 0 fully saturated rings. The van der Waals surface area contributed by atoms with E-state index in [1.807, 2.05) is 0 Å². The molecule has 0 spiro atoms. The number of aromatic nitrogens is 1. The highest BCUT2D eigenvalue weighted by Gasteiger charge is 2.30. The molecule has 0 atom stereocenters. The molecule has 3 N–H and O–H groups in total. The van der Waals surface area contributed by atoms with E-state index < -0.39 is 23.5 Å². The first-order valence-corrected chi connectivity index (χ1v) is 6.35. The van der Waals surface area contributed by atoms with Gasteiger partial charge in [-0.1, -0.05) is 6.07 Å². The van der Waals surface area contributed by atoms with E-state index in [0.717, 1.165) is 12.1 Å². The Morgan fingerprint density at radius 3 is 2.45 bits per heavy atom. The van der Waals surface area contributed by atoms with Crippen LogP contribution in [0.1, 0.15) is 11.1 Å². The number of halogens is 4. The van der Waals surface area contributed by atoms with Crippen LogP contribution in [0.5, 0.6) is 0 Å². The molecule has 0 aliphatic carbocycles. The first-order valence-electron chi connectivity index (χ1n) is 6.35. The van der Waals surface area contributed by atoms with Crippen molar-refractivity contribution < 1.29 is 22.4 Å². The van der Waals surface area contributed by atoms with Crippen LogP contribution in [0.3, 0.4) is 0 Å². The fraction of sp³-hybridized carbons (Fsp3) is 0.133. The van der Waals surface area contributed by atoms with Crippen LogP contribution in [0.2, 0.25) is 0 Å². The lowest BCUT2D eigenvalue weighted by Gasteiger charge is -2.05. The number of H-pyrrole nitrogens is 1. The van der Waals surface area contributed by atoms with E-state index in [4.69, 9.17) is 5.73 Å². The second-order valence-electron chi connectivity index (χ2n) is 4.97. The van der Waals surface area contributed by atoms with E-state index in [2.05, 4.69) is 4.98 Å². The fourth-order valence-electron chi connectivity index (χ4n) is 2.53. The van der Waals surface area contributed by atoms with E-state index in [1.165, 1.54) is 18.2 Å². The predicted molar refractivity (Wildman–Crippen MR) is 73.7 cm³/mol. The molecule has 0 unspecified atom stereocenters. The summed E-state index contributed by atoms with van der Waals surface area (Å²) < 4.78 is 52.1. The van der Waals surface area contributed by atoms with E-state index >= 15 is 0 Å². The normalized spacial score (nSPS) is 12.2. The summed E-state index contributed by atoms with van der Waals surface area (Å²) in [7, 11) is 0. The van der Waals surface area contributed by atoms with Crippen molar-refractivity contribution in [3.8, 4) is 0 Å². The Hall–Kier alpha value is -2.57. The molecule has 22 heavy (non-hydrogen) atoms. The van der Waals surface area contributed by atoms with Crippen molar-refractivity contribution in [2.24, 2.45) is 5.73 Å². The van der Waals surface area contributed by atoms with Crippen molar-refractivity contribution >= 4 is 27.7 Å². The smallest absolute Gasteiger partial charge is 0.369 e. The number of nitrogens with one attached hydrogen (secondary N) is 1. The molecule has 1 amide bonds. The van der Waals surface area contributed by atoms with Crippen LogP contribution in [0.4, 0.5) is 17.6 Å². The number of aromatic amines is 1. The minimum Gasteiger partial charge on any atom is -0.369 e. The maximum absolute atomic E-state index is 13.9. The second-order valence-corrected chi connectivity index (χ2v) is 4.97. The zero-order valence-electron chi connectivity index (χ0n) is 11.1. The molecule has 0 aliphatic rings. The van der Waals surface area contributed by atoms with Gasteiger partial charge in [0.1, 0.15) is 5.82 Å². The van der Waals surface area contributed by atoms with Crippen molar-refractivity contribution in [1.82, 2.24) is 4.98 Å². The Bertz CT molecular complexity index is 896. The molecule has 0 aliphatic heterocycles. The summed E-state index contributed by atoms with van der Waals surface area (Å²) in [6.07, 6.45) is -4.80. The number of carbonyl (C=O) groups excluding carboxylic acids is 1. The second kappa shape index (κ2) is 4.72. The summed E-state index contributed by atoms with van der Waals surface area (Å²) in [5.41, 5.74) is 4.85. The molecule has 0 saturated carbocycles. The van der Waals surface area contributed by atoms with Gasteiger partial charge in [0.05, 0.1) is 17.5 Å². The maximum Gasteiger partial charge on any atom is 0.416 e. The molecular weight excluding hydrogens is 300 g/mol. The van der Waals surface area contributed by atoms with Crippen LogP contribution >= 0.6 is 0 Å². The Labute approximate surface area is 121 Å². The van der Waals surface area contributed by atoms with E-state index in [-0.39, 0.29) is 23.0 Å². The largest absolute Gasteiger partial charge is 0.416 e. The van der Waals surface area contributed by atoms with E-state index in [0.29, 0.717) is 10.8 Å². The minimum absolute atomic E-state index is 0.0507. The highest BCUT2D eigenvalue weighted by atomic mass is 19.4. The Kier molecular flexibility index (Phi) is 3.09. The summed E-state index contributed by atoms with van der Waals surface area (Å²) in [5.74, 6) is -1.35. The third-order valence-electron chi connectivity index (χ3n) is 3.50. The van der Waals surface area contributed by atoms with Gasteiger partial charge in [0.25, 0.3) is 0 Å². The van der Waals surface area contributed by atoms with Gasteiger partial charge in [-0.2, -0.15) is 13.2 Å². The van der Waals surface area contributed by atoms with Gasteiger partial charge in [-0.05, 0) is 24.3 Å². The summed E-state index contributed by atoms with van der Waals surface area (Å²) in [5, 5.41) is 1.06. The molecular formula is C15H10F4N2O. The number of alkyl halides is 3. The number of benzene rings is 2. The van der Waals surface area contributed by atoms with E-state index in [1.54, 1.807) is 0 Å². The topological polar surface area (TPSA) is 58.9 Å². The third-order valence-corrected chi connectivity index (χ3v) is 3.50. The van der Waals surface area contributed by atoms with Gasteiger partial charge in [0, 0.05) is 21.9 Å². The minimum atomic E-state index is -4.47. The van der Waals surface area contributed by atoms with Crippen LogP contribution in [0.15, 0.2) is 30.3 Å². The van der Waals surface area contributed by atoms with Gasteiger partial charge in [-0.15, -0.1) is 0 Å². The van der Waals surface area contributed by atoms with Gasteiger partial charge in [0.15, 0.2) is 0 Å². The van der Waals surface area contributed by atoms with Crippen molar-refractivity contribution in [1.29, 1.82) is 0 Å². The lowest BCUT2D eigenvalue weighted by atomic mass is 10.0. The molecule has 3 nitrogen and oxygen atoms in total. The number of nitrogens with two attached hydrogens (primary N) is 1. The van der Waals surface area contributed by atoms with Crippen molar-refractivity contribution in [3.63, 3.8) is 0 Å². The molecule has 7 heteroatoms. The third kappa shape index (κ3) is 2.28. The standard InChI is InChI=1S/C15H10F4N2O/c16-11-4-3-9-8-2-1-7(15(17,18)19)5-12(8)21-14(9)10(11)6-13(20)22/h1-5,21H,6H2,(H2,20,22). The summed E-state index contributed by atoms with van der Waals surface area (Å²) in [6.45, 7) is 0. The molecule has 1 aromatic heterocycles. The number of carbonyl (C=O) groups is 1. The van der Waals surface area contributed by atoms with Gasteiger partial charge in [-0.25, -0.2) is 4.39 Å². The number of rotatable bonds is 2. The molecule has 3 aromatic rings. The Morgan fingerprint density at radius 1 is 1.14 bits per heavy atom. The summed E-state index contributed by atoms with van der Waals surface area (Å²) >= 11 is 0. The lowest BCUT2D eigenvalue weighted by molar-refractivity contribution is -0.137. The average molecular weight is 310 g/mol. The van der Waals surface area contributed by atoms with Gasteiger partial charge < -0.3 is 10.7 Å². The number of hydrogen-bond acceptors (Lipinski definition) is 1. The Balaban J connectivity index is 2.31. The number of primary amides is 1. The van der Waals surface area contributed by atoms with Crippen LogP contribution < -0.4 is 5.73 Å². The van der Waals surface area contributed by atoms with Gasteiger partial charge >= 0.3 is 6.18 Å². The Morgan fingerprint density at radius 2 is 1.82 bits per heavy atom. The number of amides is 1. The highest BCUT2D eigenvalue weighted by Crippen LogP contribution is 2.35. The average Bonchev–Trinajstić information content (AvgIpc) is 2.78. The summed E-state index contributed by atoms with van der Waals surface area (Å²) in [4.78, 5) is 13.8. The molecule has 0 radical (unpaired) electrons. The fourth-order valence-corrected chi connectivity index (χ4v) is 2.53. The quantitative estimate of drug-likeness (QED) is 0.699. The van der Waals surface area contributed by atoms with Gasteiger partial charge in [0.2, 0.25) is 5.91 Å². The highest BCUT2D eigenvalue weighted by molar-refractivity contribution is 6.09.